The number of rotatable bonds is 4. The van der Waals surface area contributed by atoms with E-state index in [4.69, 9.17) is 16.3 Å². The Labute approximate surface area is 116 Å². The van der Waals surface area contributed by atoms with Gasteiger partial charge < -0.3 is 10.1 Å². The van der Waals surface area contributed by atoms with Gasteiger partial charge in [0, 0.05) is 11.7 Å². The van der Waals surface area contributed by atoms with Crippen molar-refractivity contribution in [3.8, 4) is 0 Å². The van der Waals surface area contributed by atoms with Gasteiger partial charge in [0.15, 0.2) is 6.61 Å². The van der Waals surface area contributed by atoms with Gasteiger partial charge in [0.2, 0.25) is 0 Å². The van der Waals surface area contributed by atoms with Crippen LogP contribution in [-0.2, 0) is 9.53 Å². The lowest BCUT2D eigenvalue weighted by Crippen LogP contribution is -2.30. The third-order valence-corrected chi connectivity index (χ3v) is 3.05. The Morgan fingerprint density at radius 2 is 2.16 bits per heavy atom. The van der Waals surface area contributed by atoms with E-state index in [-0.39, 0.29) is 29.3 Å². The van der Waals surface area contributed by atoms with Gasteiger partial charge >= 0.3 is 5.97 Å². The summed E-state index contributed by atoms with van der Waals surface area (Å²) in [4.78, 5) is 27.3. The molecule has 0 atom stereocenters. The van der Waals surface area contributed by atoms with E-state index in [1.807, 2.05) is 0 Å². The van der Waals surface area contributed by atoms with E-state index in [1.54, 1.807) is 19.9 Å². The topological polar surface area (TPSA) is 68.3 Å². The minimum atomic E-state index is -0.624. The van der Waals surface area contributed by atoms with Crippen LogP contribution in [0.4, 0.5) is 0 Å². The molecular formula is C13H15ClN2O3. The van der Waals surface area contributed by atoms with Crippen molar-refractivity contribution >= 4 is 23.5 Å². The van der Waals surface area contributed by atoms with Gasteiger partial charge in [-0.05, 0) is 38.3 Å². The number of hydrogen-bond donors (Lipinski definition) is 1. The van der Waals surface area contributed by atoms with Gasteiger partial charge in [-0.3, -0.25) is 4.79 Å². The average molecular weight is 283 g/mol. The molecule has 1 saturated carbocycles. The van der Waals surface area contributed by atoms with Crippen LogP contribution in [0.25, 0.3) is 0 Å². The minimum Gasteiger partial charge on any atom is -0.452 e. The van der Waals surface area contributed by atoms with Crippen molar-refractivity contribution < 1.29 is 14.3 Å². The normalized spacial score (nSPS) is 14.1. The van der Waals surface area contributed by atoms with Crippen LogP contribution in [0.1, 0.15) is 34.5 Å². The van der Waals surface area contributed by atoms with Gasteiger partial charge in [-0.25, -0.2) is 9.78 Å². The quantitative estimate of drug-likeness (QED) is 0.675. The fourth-order valence-corrected chi connectivity index (χ4v) is 2.10. The third kappa shape index (κ3) is 3.67. The number of aromatic nitrogens is 1. The summed E-state index contributed by atoms with van der Waals surface area (Å²) in [6.07, 6.45) is 1.99. The summed E-state index contributed by atoms with van der Waals surface area (Å²) in [5.41, 5.74) is 1.63. The summed E-state index contributed by atoms with van der Waals surface area (Å²) >= 11 is 5.93. The summed E-state index contributed by atoms with van der Waals surface area (Å²) < 4.78 is 4.94. The highest BCUT2D eigenvalue weighted by molar-refractivity contribution is 6.32. The Morgan fingerprint density at radius 1 is 1.47 bits per heavy atom. The first-order chi connectivity index (χ1) is 8.97. The monoisotopic (exact) mass is 282 g/mol. The van der Waals surface area contributed by atoms with Crippen molar-refractivity contribution in [3.63, 3.8) is 0 Å². The van der Waals surface area contributed by atoms with Crippen molar-refractivity contribution in [3.05, 3.63) is 28.0 Å². The number of nitrogens with one attached hydrogen (secondary N) is 1. The standard InChI is InChI=1S/C13H15ClN2O3/c1-7-5-8(2)15-12(14)11(7)13(18)19-6-10(17)16-9-3-4-9/h5,9H,3-4,6H2,1-2H3,(H,16,17). The van der Waals surface area contributed by atoms with Gasteiger partial charge in [-0.2, -0.15) is 0 Å². The van der Waals surface area contributed by atoms with E-state index < -0.39 is 5.97 Å². The van der Waals surface area contributed by atoms with Crippen molar-refractivity contribution in [1.82, 2.24) is 10.3 Å². The van der Waals surface area contributed by atoms with E-state index >= 15 is 0 Å². The maximum Gasteiger partial charge on any atom is 0.342 e. The molecule has 102 valence electrons. The van der Waals surface area contributed by atoms with E-state index in [0.717, 1.165) is 18.5 Å². The molecular weight excluding hydrogens is 268 g/mol. The number of aryl methyl sites for hydroxylation is 2. The lowest BCUT2D eigenvalue weighted by molar-refractivity contribution is -0.124. The molecule has 1 N–H and O–H groups in total. The first-order valence-corrected chi connectivity index (χ1v) is 6.45. The van der Waals surface area contributed by atoms with Crippen LogP contribution in [0.3, 0.4) is 0 Å². The highest BCUT2D eigenvalue weighted by atomic mass is 35.5. The molecule has 0 bridgehead atoms. The van der Waals surface area contributed by atoms with E-state index in [2.05, 4.69) is 10.3 Å². The molecule has 1 aromatic heterocycles. The van der Waals surface area contributed by atoms with Crippen LogP contribution in [0.15, 0.2) is 6.07 Å². The molecule has 5 nitrogen and oxygen atoms in total. The summed E-state index contributed by atoms with van der Waals surface area (Å²) in [5, 5.41) is 2.84. The van der Waals surface area contributed by atoms with E-state index in [0.29, 0.717) is 5.56 Å². The molecule has 0 spiro atoms. The minimum absolute atomic E-state index is 0.102. The Bertz CT molecular complexity index is 504. The van der Waals surface area contributed by atoms with Crippen LogP contribution in [0, 0.1) is 13.8 Å². The number of carbonyl (C=O) groups excluding carboxylic acids is 2. The van der Waals surface area contributed by atoms with Gasteiger partial charge in [0.05, 0.1) is 5.56 Å². The van der Waals surface area contributed by atoms with Gasteiger partial charge in [0.1, 0.15) is 5.15 Å². The molecule has 0 radical (unpaired) electrons. The molecule has 0 aromatic carbocycles. The maximum atomic E-state index is 11.9. The molecule has 1 heterocycles. The van der Waals surface area contributed by atoms with Crippen LogP contribution in [0.5, 0.6) is 0 Å². The van der Waals surface area contributed by atoms with Crippen molar-refractivity contribution in [2.75, 3.05) is 6.61 Å². The fourth-order valence-electron chi connectivity index (χ4n) is 1.74. The zero-order chi connectivity index (χ0) is 14.0. The molecule has 1 fully saturated rings. The number of carbonyl (C=O) groups is 2. The second kappa shape index (κ2) is 5.57. The average Bonchev–Trinajstić information content (AvgIpc) is 3.08. The highest BCUT2D eigenvalue weighted by Crippen LogP contribution is 2.20. The number of ether oxygens (including phenoxy) is 1. The summed E-state index contributed by atoms with van der Waals surface area (Å²) in [5.74, 6) is -0.911. The molecule has 0 aliphatic heterocycles. The van der Waals surface area contributed by atoms with Crippen LogP contribution in [0.2, 0.25) is 5.15 Å². The lowest BCUT2D eigenvalue weighted by Gasteiger charge is -2.09. The second-order valence-corrected chi connectivity index (χ2v) is 5.02. The van der Waals surface area contributed by atoms with Gasteiger partial charge in [-0.15, -0.1) is 0 Å². The van der Waals surface area contributed by atoms with Crippen molar-refractivity contribution in [2.45, 2.75) is 32.7 Å². The number of nitrogens with zero attached hydrogens (tertiary/aromatic N) is 1. The maximum absolute atomic E-state index is 11.9. The third-order valence-electron chi connectivity index (χ3n) is 2.78. The predicted octanol–water partition coefficient (Wildman–Crippen LogP) is 1.79. The number of esters is 1. The number of amides is 1. The molecule has 0 saturated heterocycles. The SMILES string of the molecule is Cc1cc(C)c(C(=O)OCC(=O)NC2CC2)c(Cl)n1. The molecule has 0 unspecified atom stereocenters. The highest BCUT2D eigenvalue weighted by Gasteiger charge is 2.24. The first-order valence-electron chi connectivity index (χ1n) is 6.07. The molecule has 1 aliphatic rings. The van der Waals surface area contributed by atoms with E-state index in [1.165, 1.54) is 0 Å². The van der Waals surface area contributed by atoms with Crippen LogP contribution >= 0.6 is 11.6 Å². The molecule has 1 aliphatic carbocycles. The summed E-state index contributed by atoms with van der Waals surface area (Å²) in [7, 11) is 0. The summed E-state index contributed by atoms with van der Waals surface area (Å²) in [6, 6.07) is 1.99. The molecule has 1 amide bonds. The molecule has 19 heavy (non-hydrogen) atoms. The number of hydrogen-bond acceptors (Lipinski definition) is 4. The lowest BCUT2D eigenvalue weighted by atomic mass is 10.1. The van der Waals surface area contributed by atoms with Crippen molar-refractivity contribution in [2.24, 2.45) is 0 Å². The van der Waals surface area contributed by atoms with Gasteiger partial charge in [-0.1, -0.05) is 11.6 Å². The Kier molecular flexibility index (Phi) is 4.04. The predicted molar refractivity (Wildman–Crippen MR) is 70.2 cm³/mol. The first kappa shape index (κ1) is 13.8. The van der Waals surface area contributed by atoms with Gasteiger partial charge in [0.25, 0.3) is 5.91 Å². The molecule has 2 rings (SSSR count). The van der Waals surface area contributed by atoms with Crippen molar-refractivity contribution in [1.29, 1.82) is 0 Å². The second-order valence-electron chi connectivity index (χ2n) is 4.66. The van der Waals surface area contributed by atoms with Crippen LogP contribution in [-0.4, -0.2) is 29.5 Å². The fraction of sp³-hybridized carbons (Fsp3) is 0.462. The zero-order valence-corrected chi connectivity index (χ0v) is 11.6. The number of pyridine rings is 1. The Morgan fingerprint density at radius 3 is 2.74 bits per heavy atom. The Hall–Kier alpha value is -1.62. The molecule has 6 heteroatoms. The summed E-state index contributed by atoms with van der Waals surface area (Å²) in [6.45, 7) is 3.25. The smallest absolute Gasteiger partial charge is 0.342 e. The van der Waals surface area contributed by atoms with Crippen LogP contribution < -0.4 is 5.32 Å². The molecule has 1 aromatic rings. The number of halogens is 1. The largest absolute Gasteiger partial charge is 0.452 e. The zero-order valence-electron chi connectivity index (χ0n) is 10.8. The Balaban J connectivity index is 1.97. The van der Waals surface area contributed by atoms with E-state index in [9.17, 15) is 9.59 Å².